The maximum atomic E-state index is 11.7. The fourth-order valence-electron chi connectivity index (χ4n) is 1.37. The quantitative estimate of drug-likeness (QED) is 0.484. The number of sulfonamides is 1. The molecule has 0 fully saturated rings. The van der Waals surface area contributed by atoms with E-state index in [9.17, 15) is 18.0 Å². The van der Waals surface area contributed by atoms with Gasteiger partial charge in [0.2, 0.25) is 15.9 Å². The molecule has 0 spiro atoms. The first-order chi connectivity index (χ1) is 8.83. The molecule has 1 aromatic rings. The van der Waals surface area contributed by atoms with Gasteiger partial charge in [0.25, 0.3) is 0 Å². The van der Waals surface area contributed by atoms with Crippen molar-refractivity contribution < 1.29 is 23.1 Å². The first kappa shape index (κ1) is 15.2. The van der Waals surface area contributed by atoms with E-state index < -0.39 is 21.9 Å². The second-order valence-corrected chi connectivity index (χ2v) is 5.64. The number of unbranched alkanes of at least 4 members (excludes halogenated alkanes) is 1. The van der Waals surface area contributed by atoms with Gasteiger partial charge < -0.3 is 15.8 Å². The highest BCUT2D eigenvalue weighted by Crippen LogP contribution is 2.10. The SMILES string of the molecule is NC(=O)CCCCNS(=O)(=O)c1c[nH]c(C(=O)O)c1. The van der Waals surface area contributed by atoms with Crippen molar-refractivity contribution in [2.24, 2.45) is 5.73 Å². The molecule has 0 radical (unpaired) electrons. The lowest BCUT2D eigenvalue weighted by atomic mass is 10.2. The van der Waals surface area contributed by atoms with Crippen LogP contribution in [-0.4, -0.2) is 36.9 Å². The number of amides is 1. The average Bonchev–Trinajstić information content (AvgIpc) is 2.77. The van der Waals surface area contributed by atoms with Crippen molar-refractivity contribution in [2.45, 2.75) is 24.2 Å². The van der Waals surface area contributed by atoms with Crippen LogP contribution < -0.4 is 10.5 Å². The number of aromatic amines is 1. The molecule has 19 heavy (non-hydrogen) atoms. The van der Waals surface area contributed by atoms with Crippen LogP contribution in [0.1, 0.15) is 29.8 Å². The standard InChI is InChI=1S/C10H15N3O5S/c11-9(14)3-1-2-4-13-19(17,18)7-5-8(10(15)16)12-6-7/h5-6,12-13H,1-4H2,(H2,11,14)(H,15,16). The van der Waals surface area contributed by atoms with Crippen LogP contribution in [0.3, 0.4) is 0 Å². The van der Waals surface area contributed by atoms with Gasteiger partial charge in [-0.15, -0.1) is 0 Å². The molecule has 0 saturated carbocycles. The number of H-pyrrole nitrogens is 1. The molecule has 106 valence electrons. The summed E-state index contributed by atoms with van der Waals surface area (Å²) in [5.74, 6) is -1.66. The number of carboxylic acid groups (broad SMARTS) is 1. The summed E-state index contributed by atoms with van der Waals surface area (Å²) in [5.41, 5.74) is 4.75. The van der Waals surface area contributed by atoms with Crippen molar-refractivity contribution >= 4 is 21.9 Å². The molecular weight excluding hydrogens is 274 g/mol. The number of rotatable bonds is 8. The predicted molar refractivity (Wildman–Crippen MR) is 66.0 cm³/mol. The highest BCUT2D eigenvalue weighted by atomic mass is 32.2. The smallest absolute Gasteiger partial charge is 0.352 e. The van der Waals surface area contributed by atoms with Gasteiger partial charge in [0.15, 0.2) is 0 Å². The fourth-order valence-corrected chi connectivity index (χ4v) is 2.43. The van der Waals surface area contributed by atoms with E-state index in [1.807, 2.05) is 0 Å². The van der Waals surface area contributed by atoms with Crippen molar-refractivity contribution in [3.05, 3.63) is 18.0 Å². The van der Waals surface area contributed by atoms with Crippen LogP contribution in [0.15, 0.2) is 17.2 Å². The van der Waals surface area contributed by atoms with Crippen LogP contribution in [0.5, 0.6) is 0 Å². The zero-order valence-corrected chi connectivity index (χ0v) is 10.9. The Balaban J connectivity index is 2.51. The Morgan fingerprint density at radius 3 is 2.58 bits per heavy atom. The number of hydrogen-bond acceptors (Lipinski definition) is 4. The monoisotopic (exact) mass is 289 g/mol. The molecule has 0 saturated heterocycles. The summed E-state index contributed by atoms with van der Waals surface area (Å²) in [6.07, 6.45) is 2.27. The lowest BCUT2D eigenvalue weighted by Crippen LogP contribution is -2.24. The molecule has 0 aliphatic heterocycles. The molecule has 0 aromatic carbocycles. The zero-order chi connectivity index (χ0) is 14.5. The molecule has 0 atom stereocenters. The number of carbonyl (C=O) groups is 2. The minimum absolute atomic E-state index is 0.139. The molecule has 1 rings (SSSR count). The van der Waals surface area contributed by atoms with E-state index >= 15 is 0 Å². The number of primary amides is 1. The number of hydrogen-bond donors (Lipinski definition) is 4. The van der Waals surface area contributed by atoms with E-state index in [1.165, 1.54) is 0 Å². The molecule has 0 aliphatic rings. The third-order valence-electron chi connectivity index (χ3n) is 2.34. The first-order valence-electron chi connectivity index (χ1n) is 5.52. The molecule has 0 aliphatic carbocycles. The van der Waals surface area contributed by atoms with Gasteiger partial charge in [-0.1, -0.05) is 0 Å². The second kappa shape index (κ2) is 6.34. The Hall–Kier alpha value is -1.87. The van der Waals surface area contributed by atoms with Crippen LogP contribution in [0.4, 0.5) is 0 Å². The summed E-state index contributed by atoms with van der Waals surface area (Å²) in [4.78, 5) is 23.3. The molecule has 9 heteroatoms. The topological polar surface area (TPSA) is 142 Å². The lowest BCUT2D eigenvalue weighted by molar-refractivity contribution is -0.118. The number of nitrogens with two attached hydrogens (primary N) is 1. The molecule has 5 N–H and O–H groups in total. The average molecular weight is 289 g/mol. The maximum absolute atomic E-state index is 11.7. The Morgan fingerprint density at radius 1 is 1.37 bits per heavy atom. The van der Waals surface area contributed by atoms with Gasteiger partial charge in [0.05, 0.1) is 0 Å². The minimum atomic E-state index is -3.73. The van der Waals surface area contributed by atoms with Crippen molar-refractivity contribution in [1.82, 2.24) is 9.71 Å². The van der Waals surface area contributed by atoms with Crippen LogP contribution in [-0.2, 0) is 14.8 Å². The van der Waals surface area contributed by atoms with Gasteiger partial charge in [-0.2, -0.15) is 0 Å². The third-order valence-corrected chi connectivity index (χ3v) is 3.78. The molecule has 1 amide bonds. The van der Waals surface area contributed by atoms with E-state index in [0.29, 0.717) is 12.8 Å². The zero-order valence-electron chi connectivity index (χ0n) is 10.0. The van der Waals surface area contributed by atoms with Crippen LogP contribution in [0, 0.1) is 0 Å². The number of carboxylic acids is 1. The van der Waals surface area contributed by atoms with Gasteiger partial charge in [-0.05, 0) is 18.9 Å². The van der Waals surface area contributed by atoms with Gasteiger partial charge in [0.1, 0.15) is 10.6 Å². The Morgan fingerprint density at radius 2 is 2.05 bits per heavy atom. The number of nitrogens with one attached hydrogen (secondary N) is 2. The number of aromatic nitrogens is 1. The van der Waals surface area contributed by atoms with Crippen molar-refractivity contribution in [2.75, 3.05) is 6.54 Å². The predicted octanol–water partition coefficient (Wildman–Crippen LogP) is -0.353. The number of carbonyl (C=O) groups excluding carboxylic acids is 1. The summed E-state index contributed by atoms with van der Waals surface area (Å²) in [5, 5.41) is 8.67. The van der Waals surface area contributed by atoms with E-state index in [2.05, 4.69) is 9.71 Å². The van der Waals surface area contributed by atoms with E-state index in [0.717, 1.165) is 12.3 Å². The van der Waals surface area contributed by atoms with Gasteiger partial charge >= 0.3 is 5.97 Å². The highest BCUT2D eigenvalue weighted by Gasteiger charge is 2.17. The summed E-state index contributed by atoms with van der Waals surface area (Å²) < 4.78 is 25.8. The van der Waals surface area contributed by atoms with Crippen LogP contribution >= 0.6 is 0 Å². The Bertz CT molecular complexity index is 563. The van der Waals surface area contributed by atoms with Gasteiger partial charge in [0, 0.05) is 19.2 Å². The first-order valence-corrected chi connectivity index (χ1v) is 7.01. The second-order valence-electron chi connectivity index (χ2n) is 3.88. The molecule has 1 aromatic heterocycles. The molecule has 8 nitrogen and oxygen atoms in total. The largest absolute Gasteiger partial charge is 0.477 e. The molecule has 1 heterocycles. The summed E-state index contributed by atoms with van der Waals surface area (Å²) in [6.45, 7) is 0.156. The molecule has 0 unspecified atom stereocenters. The fraction of sp³-hybridized carbons (Fsp3) is 0.400. The Labute approximate surface area is 110 Å². The summed E-state index contributed by atoms with van der Waals surface area (Å²) in [7, 11) is -3.73. The van der Waals surface area contributed by atoms with Crippen molar-refractivity contribution in [3.8, 4) is 0 Å². The van der Waals surface area contributed by atoms with Gasteiger partial charge in [-0.25, -0.2) is 17.9 Å². The van der Waals surface area contributed by atoms with E-state index in [1.54, 1.807) is 0 Å². The normalized spacial score (nSPS) is 11.4. The summed E-state index contributed by atoms with van der Waals surface area (Å²) in [6, 6.07) is 1.04. The lowest BCUT2D eigenvalue weighted by Gasteiger charge is -2.03. The van der Waals surface area contributed by atoms with Crippen molar-refractivity contribution in [3.63, 3.8) is 0 Å². The molecular formula is C10H15N3O5S. The number of aromatic carboxylic acids is 1. The highest BCUT2D eigenvalue weighted by molar-refractivity contribution is 7.89. The third kappa shape index (κ3) is 4.72. The molecule has 0 bridgehead atoms. The van der Waals surface area contributed by atoms with Crippen molar-refractivity contribution in [1.29, 1.82) is 0 Å². The Kier molecular flexibility index (Phi) is 5.07. The summed E-state index contributed by atoms with van der Waals surface area (Å²) >= 11 is 0. The van der Waals surface area contributed by atoms with Crippen LogP contribution in [0.2, 0.25) is 0 Å². The van der Waals surface area contributed by atoms with E-state index in [4.69, 9.17) is 10.8 Å². The van der Waals surface area contributed by atoms with Gasteiger partial charge in [-0.3, -0.25) is 4.79 Å². The maximum Gasteiger partial charge on any atom is 0.352 e. The van der Waals surface area contributed by atoms with E-state index in [-0.39, 0.29) is 23.6 Å². The minimum Gasteiger partial charge on any atom is -0.477 e. The van der Waals surface area contributed by atoms with Crippen LogP contribution in [0.25, 0.3) is 0 Å².